The van der Waals surface area contributed by atoms with Crippen LogP contribution in [0.25, 0.3) is 0 Å². The van der Waals surface area contributed by atoms with Crippen LogP contribution in [0.2, 0.25) is 0 Å². The van der Waals surface area contributed by atoms with Crippen LogP contribution in [-0.4, -0.2) is 37.2 Å². The molecule has 0 amide bonds. The smallest absolute Gasteiger partial charge is 0.321 e. The summed E-state index contributed by atoms with van der Waals surface area (Å²) in [6.45, 7) is 7.26. The Morgan fingerprint density at radius 3 is 2.16 bits per heavy atom. The average Bonchev–Trinajstić information content (AvgIpc) is 2.67. The fraction of sp³-hybridized carbons (Fsp3) is 0.769. The van der Waals surface area contributed by atoms with Crippen LogP contribution < -0.4 is 0 Å². The largest absolute Gasteiger partial charge is 0.466 e. The standard InChI is InChI=1S/C13H20O6/c1-5-17-11(14)8-9(12(15)18-6-2)13(16)19-10(8)7(3)4/h7-10H,5-6H2,1-4H3/t8-,9-,10+/m0/s1. The Morgan fingerprint density at radius 1 is 1.16 bits per heavy atom. The van der Waals surface area contributed by atoms with E-state index in [4.69, 9.17) is 14.2 Å². The van der Waals surface area contributed by atoms with E-state index in [0.29, 0.717) is 0 Å². The molecule has 0 aromatic rings. The number of carbonyl (C=O) groups is 3. The Kier molecular flexibility index (Phi) is 5.32. The zero-order valence-electron chi connectivity index (χ0n) is 11.7. The van der Waals surface area contributed by atoms with Crippen molar-refractivity contribution >= 4 is 17.9 Å². The lowest BCUT2D eigenvalue weighted by Gasteiger charge is -2.21. The maximum Gasteiger partial charge on any atom is 0.321 e. The number of cyclic esters (lactones) is 1. The first-order chi connectivity index (χ1) is 8.93. The van der Waals surface area contributed by atoms with Crippen molar-refractivity contribution in [2.75, 3.05) is 13.2 Å². The topological polar surface area (TPSA) is 78.9 Å². The molecule has 0 spiro atoms. The Balaban J connectivity index is 3.00. The molecule has 1 saturated heterocycles. The van der Waals surface area contributed by atoms with Gasteiger partial charge in [0.2, 0.25) is 0 Å². The number of carbonyl (C=O) groups excluding carboxylic acids is 3. The molecule has 3 atom stereocenters. The third-order valence-corrected chi connectivity index (χ3v) is 2.98. The van der Waals surface area contributed by atoms with E-state index in [1.807, 2.05) is 13.8 Å². The third-order valence-electron chi connectivity index (χ3n) is 2.98. The van der Waals surface area contributed by atoms with Gasteiger partial charge in [0.15, 0.2) is 5.92 Å². The molecule has 6 heteroatoms. The van der Waals surface area contributed by atoms with Gasteiger partial charge in [0.05, 0.1) is 13.2 Å². The van der Waals surface area contributed by atoms with E-state index in [0.717, 1.165) is 0 Å². The summed E-state index contributed by atoms with van der Waals surface area (Å²) in [6.07, 6.45) is -0.652. The molecule has 1 heterocycles. The minimum atomic E-state index is -1.22. The molecule has 0 bridgehead atoms. The van der Waals surface area contributed by atoms with Crippen molar-refractivity contribution in [3.63, 3.8) is 0 Å². The van der Waals surface area contributed by atoms with E-state index in [-0.39, 0.29) is 19.1 Å². The van der Waals surface area contributed by atoms with E-state index in [9.17, 15) is 14.4 Å². The molecule has 0 aromatic heterocycles. The van der Waals surface area contributed by atoms with Crippen molar-refractivity contribution in [2.45, 2.75) is 33.8 Å². The molecule has 1 aliphatic rings. The fourth-order valence-corrected chi connectivity index (χ4v) is 2.15. The minimum absolute atomic E-state index is 0.0854. The molecule has 0 aliphatic carbocycles. The normalized spacial score (nSPS) is 26.2. The molecular weight excluding hydrogens is 252 g/mol. The molecular formula is C13H20O6. The predicted molar refractivity (Wildman–Crippen MR) is 65.0 cm³/mol. The van der Waals surface area contributed by atoms with Crippen molar-refractivity contribution in [3.05, 3.63) is 0 Å². The molecule has 0 saturated carbocycles. The number of rotatable bonds is 5. The van der Waals surface area contributed by atoms with E-state index in [1.165, 1.54) is 0 Å². The second-order valence-electron chi connectivity index (χ2n) is 4.65. The van der Waals surface area contributed by atoms with Crippen LogP contribution in [0.3, 0.4) is 0 Å². The highest BCUT2D eigenvalue weighted by Gasteiger charge is 2.55. The highest BCUT2D eigenvalue weighted by atomic mass is 16.6. The first kappa shape index (κ1) is 15.5. The fourth-order valence-electron chi connectivity index (χ4n) is 2.15. The molecule has 19 heavy (non-hydrogen) atoms. The van der Waals surface area contributed by atoms with Gasteiger partial charge in [0.1, 0.15) is 12.0 Å². The van der Waals surface area contributed by atoms with Gasteiger partial charge >= 0.3 is 17.9 Å². The molecule has 0 radical (unpaired) electrons. The van der Waals surface area contributed by atoms with E-state index >= 15 is 0 Å². The Morgan fingerprint density at radius 2 is 1.68 bits per heavy atom. The van der Waals surface area contributed by atoms with Gasteiger partial charge < -0.3 is 14.2 Å². The molecule has 1 aliphatic heterocycles. The third kappa shape index (κ3) is 3.24. The van der Waals surface area contributed by atoms with E-state index < -0.39 is 35.8 Å². The van der Waals surface area contributed by atoms with Gasteiger partial charge in [-0.15, -0.1) is 0 Å². The lowest BCUT2D eigenvalue weighted by Crippen LogP contribution is -2.38. The zero-order valence-corrected chi connectivity index (χ0v) is 11.7. The molecule has 108 valence electrons. The van der Waals surface area contributed by atoms with Crippen LogP contribution in [0.1, 0.15) is 27.7 Å². The summed E-state index contributed by atoms with van der Waals surface area (Å²) >= 11 is 0. The van der Waals surface area contributed by atoms with Crippen LogP contribution in [0, 0.1) is 17.8 Å². The SMILES string of the molecule is CCOC(=O)[C@H]1C(=O)O[C@H](C(C)C)[C@H]1C(=O)OCC. The number of esters is 3. The van der Waals surface area contributed by atoms with Crippen molar-refractivity contribution in [1.82, 2.24) is 0 Å². The van der Waals surface area contributed by atoms with Gasteiger partial charge in [-0.05, 0) is 19.8 Å². The molecule has 1 fully saturated rings. The van der Waals surface area contributed by atoms with Crippen molar-refractivity contribution < 1.29 is 28.6 Å². The summed E-state index contributed by atoms with van der Waals surface area (Å²) in [5, 5.41) is 0. The van der Waals surface area contributed by atoms with E-state index in [2.05, 4.69) is 0 Å². The second-order valence-corrected chi connectivity index (χ2v) is 4.65. The summed E-state index contributed by atoms with van der Waals surface area (Å²) in [5.41, 5.74) is 0. The summed E-state index contributed by atoms with van der Waals surface area (Å²) < 4.78 is 14.9. The average molecular weight is 272 g/mol. The lowest BCUT2D eigenvalue weighted by molar-refractivity contribution is -0.161. The van der Waals surface area contributed by atoms with Gasteiger partial charge in [-0.25, -0.2) is 0 Å². The van der Waals surface area contributed by atoms with Crippen molar-refractivity contribution in [2.24, 2.45) is 17.8 Å². The predicted octanol–water partition coefficient (Wildman–Crippen LogP) is 0.926. The molecule has 0 N–H and O–H groups in total. The van der Waals surface area contributed by atoms with Gasteiger partial charge in [0.25, 0.3) is 0 Å². The Hall–Kier alpha value is -1.59. The van der Waals surface area contributed by atoms with Gasteiger partial charge in [-0.2, -0.15) is 0 Å². The maximum absolute atomic E-state index is 12.0. The zero-order chi connectivity index (χ0) is 14.6. The lowest BCUT2D eigenvalue weighted by atomic mass is 9.85. The summed E-state index contributed by atoms with van der Waals surface area (Å²) in [5.74, 6) is -4.26. The summed E-state index contributed by atoms with van der Waals surface area (Å²) in [4.78, 5) is 35.6. The number of hydrogen-bond donors (Lipinski definition) is 0. The van der Waals surface area contributed by atoms with Crippen LogP contribution >= 0.6 is 0 Å². The first-order valence-electron chi connectivity index (χ1n) is 6.47. The van der Waals surface area contributed by atoms with Gasteiger partial charge in [-0.1, -0.05) is 13.8 Å². The van der Waals surface area contributed by atoms with Gasteiger partial charge in [-0.3, -0.25) is 14.4 Å². The van der Waals surface area contributed by atoms with Crippen LogP contribution in [0.4, 0.5) is 0 Å². The quantitative estimate of drug-likeness (QED) is 0.421. The molecule has 0 unspecified atom stereocenters. The van der Waals surface area contributed by atoms with E-state index in [1.54, 1.807) is 13.8 Å². The van der Waals surface area contributed by atoms with Crippen LogP contribution in [-0.2, 0) is 28.6 Å². The first-order valence-corrected chi connectivity index (χ1v) is 6.47. The highest BCUT2D eigenvalue weighted by Crippen LogP contribution is 2.34. The minimum Gasteiger partial charge on any atom is -0.466 e. The summed E-state index contributed by atoms with van der Waals surface area (Å²) in [6, 6.07) is 0. The Bertz CT molecular complexity index is 362. The van der Waals surface area contributed by atoms with Crippen molar-refractivity contribution in [1.29, 1.82) is 0 Å². The number of hydrogen-bond acceptors (Lipinski definition) is 6. The van der Waals surface area contributed by atoms with Crippen LogP contribution in [0.15, 0.2) is 0 Å². The monoisotopic (exact) mass is 272 g/mol. The van der Waals surface area contributed by atoms with Gasteiger partial charge in [0, 0.05) is 0 Å². The maximum atomic E-state index is 12.0. The molecule has 0 aromatic carbocycles. The Labute approximate surface area is 112 Å². The van der Waals surface area contributed by atoms with Crippen LogP contribution in [0.5, 0.6) is 0 Å². The second kappa shape index (κ2) is 6.54. The van der Waals surface area contributed by atoms with Crippen molar-refractivity contribution in [3.8, 4) is 0 Å². The highest BCUT2D eigenvalue weighted by molar-refractivity contribution is 6.01. The molecule has 6 nitrogen and oxygen atoms in total. The molecule has 1 rings (SSSR count). The number of ether oxygens (including phenoxy) is 3. The summed E-state index contributed by atoms with van der Waals surface area (Å²) in [7, 11) is 0.